The highest BCUT2D eigenvalue weighted by Gasteiger charge is 2.57. The molecular formula is C10H16O2. The minimum absolute atomic E-state index is 0.0243. The molecule has 1 saturated carbocycles. The van der Waals surface area contributed by atoms with Crippen LogP contribution >= 0.6 is 0 Å². The molecule has 68 valence electrons. The van der Waals surface area contributed by atoms with Crippen molar-refractivity contribution in [1.29, 1.82) is 0 Å². The lowest BCUT2D eigenvalue weighted by molar-refractivity contribution is -0.143. The summed E-state index contributed by atoms with van der Waals surface area (Å²) in [5.74, 6) is 0. The molecule has 2 N–H and O–H groups in total. The summed E-state index contributed by atoms with van der Waals surface area (Å²) in [7, 11) is 0. The SMILES string of the molecule is OCC12CC=CCC1(CO)CC2. The predicted octanol–water partition coefficient (Wildman–Crippen LogP) is 1.09. The summed E-state index contributed by atoms with van der Waals surface area (Å²) in [5, 5.41) is 18.6. The van der Waals surface area contributed by atoms with Gasteiger partial charge >= 0.3 is 0 Å². The Kier molecular flexibility index (Phi) is 1.77. The van der Waals surface area contributed by atoms with E-state index >= 15 is 0 Å². The molecule has 2 aliphatic rings. The first-order valence-corrected chi connectivity index (χ1v) is 4.65. The third-order valence-corrected chi connectivity index (χ3v) is 4.00. The molecule has 2 unspecified atom stereocenters. The van der Waals surface area contributed by atoms with Crippen LogP contribution in [0.3, 0.4) is 0 Å². The van der Waals surface area contributed by atoms with Gasteiger partial charge in [0.15, 0.2) is 0 Å². The van der Waals surface area contributed by atoms with Crippen LogP contribution in [-0.2, 0) is 0 Å². The normalized spacial score (nSPS) is 45.2. The highest BCUT2D eigenvalue weighted by Crippen LogP contribution is 2.62. The van der Waals surface area contributed by atoms with Crippen molar-refractivity contribution in [1.82, 2.24) is 0 Å². The van der Waals surface area contributed by atoms with Crippen molar-refractivity contribution in [2.24, 2.45) is 10.8 Å². The third kappa shape index (κ3) is 0.771. The lowest BCUT2D eigenvalue weighted by Gasteiger charge is -2.59. The second kappa shape index (κ2) is 2.57. The Hall–Kier alpha value is -0.340. The summed E-state index contributed by atoms with van der Waals surface area (Å²) in [6.07, 6.45) is 8.34. The van der Waals surface area contributed by atoms with Crippen LogP contribution in [0.1, 0.15) is 25.7 Å². The fraction of sp³-hybridized carbons (Fsp3) is 0.800. The summed E-state index contributed by atoms with van der Waals surface area (Å²) in [6, 6.07) is 0. The van der Waals surface area contributed by atoms with Crippen molar-refractivity contribution in [3.8, 4) is 0 Å². The average molecular weight is 168 g/mol. The van der Waals surface area contributed by atoms with Crippen LogP contribution in [0.25, 0.3) is 0 Å². The van der Waals surface area contributed by atoms with Crippen LogP contribution < -0.4 is 0 Å². The molecule has 0 spiro atoms. The maximum Gasteiger partial charge on any atom is 0.0496 e. The Labute approximate surface area is 72.9 Å². The van der Waals surface area contributed by atoms with Gasteiger partial charge in [-0.05, 0) is 25.7 Å². The standard InChI is InChI=1S/C10H16O2/c11-7-9-3-1-2-4-10(9,8-12)6-5-9/h1-2,11-12H,3-8H2. The number of hydrogen-bond acceptors (Lipinski definition) is 2. The van der Waals surface area contributed by atoms with Gasteiger partial charge in [-0.3, -0.25) is 0 Å². The molecule has 2 atom stereocenters. The second-order valence-electron chi connectivity index (χ2n) is 4.26. The summed E-state index contributed by atoms with van der Waals surface area (Å²) in [5.41, 5.74) is 0.0486. The van der Waals surface area contributed by atoms with Gasteiger partial charge in [0, 0.05) is 24.0 Å². The lowest BCUT2D eigenvalue weighted by Crippen LogP contribution is -2.56. The van der Waals surface area contributed by atoms with E-state index in [9.17, 15) is 10.2 Å². The highest BCUT2D eigenvalue weighted by molar-refractivity contribution is 5.15. The van der Waals surface area contributed by atoms with E-state index in [0.717, 1.165) is 25.7 Å². The fourth-order valence-corrected chi connectivity index (χ4v) is 2.71. The number of aliphatic hydroxyl groups excluding tert-OH is 2. The van der Waals surface area contributed by atoms with Gasteiger partial charge in [-0.15, -0.1) is 0 Å². The van der Waals surface area contributed by atoms with Gasteiger partial charge in [-0.1, -0.05) is 12.2 Å². The topological polar surface area (TPSA) is 40.5 Å². The van der Waals surface area contributed by atoms with E-state index in [1.165, 1.54) is 0 Å². The molecule has 0 heterocycles. The van der Waals surface area contributed by atoms with Gasteiger partial charge in [0.25, 0.3) is 0 Å². The van der Waals surface area contributed by atoms with Crippen molar-refractivity contribution in [3.63, 3.8) is 0 Å². The van der Waals surface area contributed by atoms with Crippen LogP contribution in [0.5, 0.6) is 0 Å². The number of allylic oxidation sites excluding steroid dienone is 2. The lowest BCUT2D eigenvalue weighted by atomic mass is 9.46. The van der Waals surface area contributed by atoms with Gasteiger partial charge < -0.3 is 10.2 Å². The molecule has 2 nitrogen and oxygen atoms in total. The quantitative estimate of drug-likeness (QED) is 0.606. The Bertz CT molecular complexity index is 182. The number of fused-ring (bicyclic) bond motifs is 1. The second-order valence-corrected chi connectivity index (χ2v) is 4.26. The van der Waals surface area contributed by atoms with Crippen molar-refractivity contribution >= 4 is 0 Å². The zero-order chi connectivity index (χ0) is 8.66. The fourth-order valence-electron chi connectivity index (χ4n) is 2.71. The van der Waals surface area contributed by atoms with E-state index < -0.39 is 0 Å². The molecular weight excluding hydrogens is 152 g/mol. The monoisotopic (exact) mass is 168 g/mol. The van der Waals surface area contributed by atoms with Crippen LogP contribution in [-0.4, -0.2) is 23.4 Å². The summed E-state index contributed by atoms with van der Waals surface area (Å²) < 4.78 is 0. The minimum Gasteiger partial charge on any atom is -0.396 e. The minimum atomic E-state index is 0.0243. The Morgan fingerprint density at radius 2 is 1.33 bits per heavy atom. The third-order valence-electron chi connectivity index (χ3n) is 4.00. The molecule has 1 fully saturated rings. The Balaban J connectivity index is 2.26. The summed E-state index contributed by atoms with van der Waals surface area (Å²) >= 11 is 0. The number of hydrogen-bond donors (Lipinski definition) is 2. The van der Waals surface area contributed by atoms with Gasteiger partial charge in [0.05, 0.1) is 0 Å². The van der Waals surface area contributed by atoms with Crippen LogP contribution in [0.2, 0.25) is 0 Å². The van der Waals surface area contributed by atoms with E-state index in [1.54, 1.807) is 0 Å². The summed E-state index contributed by atoms with van der Waals surface area (Å²) in [6.45, 7) is 0.468. The van der Waals surface area contributed by atoms with E-state index in [0.29, 0.717) is 0 Å². The molecule has 12 heavy (non-hydrogen) atoms. The van der Waals surface area contributed by atoms with Gasteiger partial charge in [-0.2, -0.15) is 0 Å². The molecule has 0 aliphatic heterocycles. The molecule has 0 aromatic heterocycles. The molecule has 0 aromatic carbocycles. The van der Waals surface area contributed by atoms with Crippen molar-refractivity contribution in [3.05, 3.63) is 12.2 Å². The summed E-state index contributed by atoms with van der Waals surface area (Å²) in [4.78, 5) is 0. The van der Waals surface area contributed by atoms with E-state index in [2.05, 4.69) is 12.2 Å². The maximum absolute atomic E-state index is 9.32. The molecule has 0 aromatic rings. The molecule has 0 bridgehead atoms. The van der Waals surface area contributed by atoms with Crippen LogP contribution in [0, 0.1) is 10.8 Å². The smallest absolute Gasteiger partial charge is 0.0496 e. The predicted molar refractivity (Wildman–Crippen MR) is 46.6 cm³/mol. The van der Waals surface area contributed by atoms with Crippen LogP contribution in [0.15, 0.2) is 12.2 Å². The maximum atomic E-state index is 9.32. The Morgan fingerprint density at radius 1 is 0.917 bits per heavy atom. The first kappa shape index (κ1) is 8.27. The van der Waals surface area contributed by atoms with E-state index in [1.807, 2.05) is 0 Å². The number of rotatable bonds is 2. The first-order chi connectivity index (χ1) is 5.79. The average Bonchev–Trinajstić information content (AvgIpc) is 2.09. The highest BCUT2D eigenvalue weighted by atomic mass is 16.3. The van der Waals surface area contributed by atoms with Crippen molar-refractivity contribution in [2.75, 3.05) is 13.2 Å². The molecule has 0 saturated heterocycles. The zero-order valence-electron chi connectivity index (χ0n) is 7.29. The zero-order valence-corrected chi connectivity index (χ0v) is 7.29. The largest absolute Gasteiger partial charge is 0.396 e. The van der Waals surface area contributed by atoms with Gasteiger partial charge in [0.1, 0.15) is 0 Å². The molecule has 2 heteroatoms. The molecule has 0 radical (unpaired) electrons. The van der Waals surface area contributed by atoms with Gasteiger partial charge in [0.2, 0.25) is 0 Å². The molecule has 0 amide bonds. The Morgan fingerprint density at radius 3 is 1.58 bits per heavy atom. The molecule has 2 aliphatic carbocycles. The van der Waals surface area contributed by atoms with Gasteiger partial charge in [-0.25, -0.2) is 0 Å². The van der Waals surface area contributed by atoms with E-state index in [4.69, 9.17) is 0 Å². The van der Waals surface area contributed by atoms with Crippen LogP contribution in [0.4, 0.5) is 0 Å². The molecule has 2 rings (SSSR count). The van der Waals surface area contributed by atoms with E-state index in [-0.39, 0.29) is 24.0 Å². The number of aliphatic hydroxyl groups is 2. The first-order valence-electron chi connectivity index (χ1n) is 4.65. The van der Waals surface area contributed by atoms with Crippen molar-refractivity contribution < 1.29 is 10.2 Å². The van der Waals surface area contributed by atoms with Crippen molar-refractivity contribution in [2.45, 2.75) is 25.7 Å².